The van der Waals surface area contributed by atoms with E-state index in [0.717, 1.165) is 28.7 Å². The Kier molecular flexibility index (Phi) is 4.09. The molecule has 0 N–H and O–H groups in total. The van der Waals surface area contributed by atoms with Crippen LogP contribution in [0.25, 0.3) is 5.69 Å². The number of fused-ring (bicyclic) bond motifs is 1. The van der Waals surface area contributed by atoms with Crippen molar-refractivity contribution in [3.8, 4) is 5.69 Å². The fraction of sp³-hybridized carbons (Fsp3) is 0.222. The highest BCUT2D eigenvalue weighted by Gasteiger charge is 2.26. The average Bonchev–Trinajstić information content (AvgIpc) is 3.11. The first-order chi connectivity index (χ1) is 12.1. The third kappa shape index (κ3) is 3.07. The van der Waals surface area contributed by atoms with E-state index in [9.17, 15) is 4.79 Å². The van der Waals surface area contributed by atoms with E-state index < -0.39 is 0 Å². The van der Waals surface area contributed by atoms with E-state index in [1.54, 1.807) is 4.90 Å². The Morgan fingerprint density at radius 2 is 1.96 bits per heavy atom. The predicted octanol–water partition coefficient (Wildman–Crippen LogP) is 3.33. The van der Waals surface area contributed by atoms with Crippen LogP contribution >= 0.6 is 15.9 Å². The minimum atomic E-state index is -0.215. The average molecular weight is 398 g/mol. The second-order valence-corrected chi connectivity index (χ2v) is 6.99. The largest absolute Gasteiger partial charge is 0.305 e. The van der Waals surface area contributed by atoms with Gasteiger partial charge in [-0.2, -0.15) is 0 Å². The molecule has 0 bridgehead atoms. The smallest absolute Gasteiger partial charge is 0.299 e. The highest BCUT2D eigenvalue weighted by molar-refractivity contribution is 9.10. The monoisotopic (exact) mass is 397 g/mol. The molecule has 0 spiro atoms. The van der Waals surface area contributed by atoms with E-state index in [-0.39, 0.29) is 11.7 Å². The number of benzene rings is 2. The first-order valence-corrected chi connectivity index (χ1v) is 8.88. The van der Waals surface area contributed by atoms with Gasteiger partial charge < -0.3 is 4.90 Å². The molecule has 0 saturated carbocycles. The van der Waals surface area contributed by atoms with Crippen molar-refractivity contribution >= 4 is 27.5 Å². The summed E-state index contributed by atoms with van der Waals surface area (Å²) in [6.45, 7) is 2.73. The molecule has 0 aliphatic carbocycles. The van der Waals surface area contributed by atoms with Crippen molar-refractivity contribution in [2.24, 2.45) is 0 Å². The number of amides is 1. The maximum atomic E-state index is 12.9. The Balaban J connectivity index is 1.63. The van der Waals surface area contributed by atoms with Crippen LogP contribution in [0.2, 0.25) is 0 Å². The quantitative estimate of drug-likeness (QED) is 0.665. The SMILES string of the molecule is Cc1ccc2c(c1)CCCN2C(=O)c1nnn(-c2ccc(Br)cc2)n1. The highest BCUT2D eigenvalue weighted by Crippen LogP contribution is 2.28. The lowest BCUT2D eigenvalue weighted by molar-refractivity contribution is 0.0975. The molecular weight excluding hydrogens is 382 g/mol. The molecule has 0 radical (unpaired) electrons. The fourth-order valence-corrected chi connectivity index (χ4v) is 3.31. The van der Waals surface area contributed by atoms with E-state index in [0.29, 0.717) is 6.54 Å². The van der Waals surface area contributed by atoms with Crippen LogP contribution in [0, 0.1) is 6.92 Å². The lowest BCUT2D eigenvalue weighted by Crippen LogP contribution is -2.36. The summed E-state index contributed by atoms with van der Waals surface area (Å²) in [6, 6.07) is 13.7. The number of tetrazole rings is 1. The Morgan fingerprint density at radius 3 is 2.76 bits per heavy atom. The summed E-state index contributed by atoms with van der Waals surface area (Å²) in [5.74, 6) is -0.107. The van der Waals surface area contributed by atoms with E-state index in [2.05, 4.69) is 44.3 Å². The topological polar surface area (TPSA) is 63.9 Å². The zero-order valence-corrected chi connectivity index (χ0v) is 15.3. The van der Waals surface area contributed by atoms with Gasteiger partial charge in [-0.1, -0.05) is 33.6 Å². The molecule has 1 amide bonds. The Labute approximate surface area is 153 Å². The maximum absolute atomic E-state index is 12.9. The van der Waals surface area contributed by atoms with Crippen LogP contribution in [0.3, 0.4) is 0 Å². The third-order valence-electron chi connectivity index (χ3n) is 4.26. The summed E-state index contributed by atoms with van der Waals surface area (Å²) < 4.78 is 0.966. The first kappa shape index (κ1) is 16.0. The number of aryl methyl sites for hydroxylation is 2. The molecule has 0 atom stereocenters. The van der Waals surface area contributed by atoms with Crippen LogP contribution in [0.5, 0.6) is 0 Å². The predicted molar refractivity (Wildman–Crippen MR) is 98.0 cm³/mol. The molecular formula is C18H16BrN5O. The second kappa shape index (κ2) is 6.40. The van der Waals surface area contributed by atoms with Crippen molar-refractivity contribution in [1.82, 2.24) is 20.2 Å². The summed E-state index contributed by atoms with van der Waals surface area (Å²) in [7, 11) is 0. The second-order valence-electron chi connectivity index (χ2n) is 6.07. The van der Waals surface area contributed by atoms with E-state index in [1.807, 2.05) is 36.4 Å². The number of carbonyl (C=O) groups is 1. The van der Waals surface area contributed by atoms with Crippen molar-refractivity contribution in [3.63, 3.8) is 0 Å². The zero-order chi connectivity index (χ0) is 17.4. The highest BCUT2D eigenvalue weighted by atomic mass is 79.9. The molecule has 6 nitrogen and oxygen atoms in total. The van der Waals surface area contributed by atoms with Gasteiger partial charge in [0.05, 0.1) is 5.69 Å². The maximum Gasteiger partial charge on any atom is 0.299 e. The molecule has 25 heavy (non-hydrogen) atoms. The van der Waals surface area contributed by atoms with Gasteiger partial charge in [0.1, 0.15) is 0 Å². The van der Waals surface area contributed by atoms with Gasteiger partial charge in [-0.25, -0.2) is 0 Å². The molecule has 3 aromatic rings. The Bertz CT molecular complexity index is 935. The molecule has 126 valence electrons. The van der Waals surface area contributed by atoms with Gasteiger partial charge in [0.15, 0.2) is 0 Å². The number of carbonyl (C=O) groups excluding carboxylic acids is 1. The molecule has 0 saturated heterocycles. The van der Waals surface area contributed by atoms with Crippen LogP contribution in [0.1, 0.15) is 28.2 Å². The van der Waals surface area contributed by atoms with Crippen molar-refractivity contribution in [2.75, 3.05) is 11.4 Å². The summed E-state index contributed by atoms with van der Waals surface area (Å²) in [5.41, 5.74) is 4.10. The summed E-state index contributed by atoms with van der Waals surface area (Å²) >= 11 is 3.39. The van der Waals surface area contributed by atoms with Crippen molar-refractivity contribution in [3.05, 3.63) is 63.9 Å². The van der Waals surface area contributed by atoms with Crippen LogP contribution in [-0.2, 0) is 6.42 Å². The van der Waals surface area contributed by atoms with Crippen LogP contribution in [0.15, 0.2) is 46.9 Å². The number of aromatic nitrogens is 4. The van der Waals surface area contributed by atoms with Gasteiger partial charge in [-0.3, -0.25) is 4.79 Å². The molecule has 0 unspecified atom stereocenters. The molecule has 2 aromatic carbocycles. The Hall–Kier alpha value is -2.54. The minimum absolute atomic E-state index is 0.108. The standard InChI is InChI=1S/C18H16BrN5O/c1-12-4-9-16-13(11-12)3-2-10-23(16)18(25)17-20-22-24(21-17)15-7-5-14(19)6-8-15/h4-9,11H,2-3,10H2,1H3. The molecule has 1 aromatic heterocycles. The van der Waals surface area contributed by atoms with E-state index in [4.69, 9.17) is 0 Å². The lowest BCUT2D eigenvalue weighted by Gasteiger charge is -2.28. The number of hydrogen-bond donors (Lipinski definition) is 0. The minimum Gasteiger partial charge on any atom is -0.305 e. The van der Waals surface area contributed by atoms with Crippen molar-refractivity contribution in [1.29, 1.82) is 0 Å². The molecule has 2 heterocycles. The van der Waals surface area contributed by atoms with Crippen molar-refractivity contribution in [2.45, 2.75) is 19.8 Å². The van der Waals surface area contributed by atoms with Gasteiger partial charge in [-0.15, -0.1) is 15.0 Å². The third-order valence-corrected chi connectivity index (χ3v) is 4.79. The molecule has 7 heteroatoms. The van der Waals surface area contributed by atoms with Gasteiger partial charge in [-0.05, 0) is 60.9 Å². The van der Waals surface area contributed by atoms with Gasteiger partial charge in [0.25, 0.3) is 11.7 Å². The zero-order valence-electron chi connectivity index (χ0n) is 13.7. The lowest BCUT2D eigenvalue weighted by atomic mass is 9.99. The van der Waals surface area contributed by atoms with Gasteiger partial charge in [0, 0.05) is 16.7 Å². The van der Waals surface area contributed by atoms with Crippen LogP contribution in [0.4, 0.5) is 5.69 Å². The number of halogens is 1. The van der Waals surface area contributed by atoms with Gasteiger partial charge in [0.2, 0.25) is 0 Å². The van der Waals surface area contributed by atoms with E-state index in [1.165, 1.54) is 15.9 Å². The Morgan fingerprint density at radius 1 is 1.16 bits per heavy atom. The summed E-state index contributed by atoms with van der Waals surface area (Å²) in [4.78, 5) is 16.0. The van der Waals surface area contributed by atoms with Gasteiger partial charge >= 0.3 is 0 Å². The summed E-state index contributed by atoms with van der Waals surface area (Å²) in [5, 5.41) is 12.2. The number of rotatable bonds is 2. The number of nitrogens with zero attached hydrogens (tertiary/aromatic N) is 5. The summed E-state index contributed by atoms with van der Waals surface area (Å²) in [6.07, 6.45) is 1.92. The number of anilines is 1. The van der Waals surface area contributed by atoms with Crippen molar-refractivity contribution < 1.29 is 4.79 Å². The van der Waals surface area contributed by atoms with Crippen LogP contribution in [-0.4, -0.2) is 32.7 Å². The van der Waals surface area contributed by atoms with Crippen LogP contribution < -0.4 is 4.90 Å². The molecule has 1 aliphatic heterocycles. The first-order valence-electron chi connectivity index (χ1n) is 8.09. The molecule has 4 rings (SSSR count). The molecule has 1 aliphatic rings. The molecule has 0 fully saturated rings. The van der Waals surface area contributed by atoms with E-state index >= 15 is 0 Å². The fourth-order valence-electron chi connectivity index (χ4n) is 3.04. The number of hydrogen-bond acceptors (Lipinski definition) is 4. The normalized spacial score (nSPS) is 13.6.